The lowest BCUT2D eigenvalue weighted by atomic mass is 9.47. The van der Waals surface area contributed by atoms with E-state index >= 15 is 0 Å². The molecule has 0 spiro atoms. The maximum atomic E-state index is 12.9. The first-order valence-corrected chi connectivity index (χ1v) is 18.1. The summed E-state index contributed by atoms with van der Waals surface area (Å²) >= 11 is 0. The van der Waals surface area contributed by atoms with E-state index in [2.05, 4.69) is 56.4 Å². The zero-order chi connectivity index (χ0) is 35.4. The number of oxime groups is 1. The van der Waals surface area contributed by atoms with Crippen LogP contribution in [0, 0.1) is 28.6 Å². The van der Waals surface area contributed by atoms with Crippen molar-refractivity contribution in [3.05, 3.63) is 17.5 Å². The smallest absolute Gasteiger partial charge is 0.275 e. The Morgan fingerprint density at radius 1 is 1.06 bits per heavy atom. The van der Waals surface area contributed by atoms with Crippen molar-refractivity contribution in [3.8, 4) is 0 Å². The molecule has 0 unspecified atom stereocenters. The van der Waals surface area contributed by atoms with Crippen molar-refractivity contribution in [2.24, 2.45) is 40.8 Å². The van der Waals surface area contributed by atoms with Crippen LogP contribution in [0.4, 0.5) is 0 Å². The van der Waals surface area contributed by atoms with Crippen molar-refractivity contribution in [2.45, 2.75) is 103 Å². The van der Waals surface area contributed by atoms with E-state index in [0.29, 0.717) is 53.9 Å². The van der Waals surface area contributed by atoms with Crippen molar-refractivity contribution >= 4 is 23.4 Å². The van der Waals surface area contributed by atoms with Gasteiger partial charge < -0.3 is 30.4 Å². The third-order valence-electron chi connectivity index (χ3n) is 11.8. The molecule has 0 saturated heterocycles. The van der Waals surface area contributed by atoms with Crippen molar-refractivity contribution in [3.63, 3.8) is 0 Å². The number of quaternary nitrogens is 1. The molecule has 1 aromatic heterocycles. The number of tetrazole rings is 1. The summed E-state index contributed by atoms with van der Waals surface area (Å²) in [6.45, 7) is 5.38. The van der Waals surface area contributed by atoms with Gasteiger partial charge in [0.05, 0.1) is 46.6 Å². The number of hydrogen-bond donors (Lipinski definition) is 4. The molecule has 3 saturated carbocycles. The van der Waals surface area contributed by atoms with E-state index in [4.69, 9.17) is 4.84 Å². The summed E-state index contributed by atoms with van der Waals surface area (Å²) < 4.78 is 0.438. The molecular weight excluding hydrogens is 626 g/mol. The number of rotatable bonds is 14. The number of aromatic nitrogens is 4. The molecule has 0 aliphatic heterocycles. The van der Waals surface area contributed by atoms with E-state index < -0.39 is 6.04 Å². The maximum Gasteiger partial charge on any atom is 0.275 e. The molecule has 4 N–H and O–H groups in total. The predicted molar refractivity (Wildman–Crippen MR) is 183 cm³/mol. The number of allylic oxidation sites excluding steroid dienone is 2. The average Bonchev–Trinajstić information content (AvgIpc) is 3.59. The second-order valence-electron chi connectivity index (χ2n) is 16.3. The Bertz CT molecular complexity index is 1420. The number of carbonyl (C=O) groups is 3. The number of aliphatic hydroxyl groups excluding tert-OH is 1. The number of likely N-dealkylation sites (N-methyl/N-ethyl adjacent to an activating group) is 1. The molecule has 3 amide bonds. The van der Waals surface area contributed by atoms with Gasteiger partial charge in [0.2, 0.25) is 5.91 Å². The van der Waals surface area contributed by atoms with Crippen LogP contribution in [-0.2, 0) is 32.8 Å². The molecule has 1 heterocycles. The Morgan fingerprint density at radius 3 is 2.59 bits per heavy atom. The highest BCUT2D eigenvalue weighted by Gasteiger charge is 2.58. The molecular formula is C35H58N9O5+. The number of nitrogens with zero attached hydrogens (tertiary/aromatic N) is 6. The van der Waals surface area contributed by atoms with Crippen molar-refractivity contribution in [2.75, 3.05) is 40.8 Å². The van der Waals surface area contributed by atoms with Gasteiger partial charge in [0.15, 0.2) is 19.0 Å². The Kier molecular flexibility index (Phi) is 11.5. The Morgan fingerprint density at radius 2 is 1.86 bits per heavy atom. The fourth-order valence-electron chi connectivity index (χ4n) is 9.16. The van der Waals surface area contributed by atoms with Crippen LogP contribution in [0.25, 0.3) is 0 Å². The third-order valence-corrected chi connectivity index (χ3v) is 11.8. The van der Waals surface area contributed by atoms with Gasteiger partial charge in [0.25, 0.3) is 11.8 Å². The molecule has 49 heavy (non-hydrogen) atoms. The van der Waals surface area contributed by atoms with Crippen LogP contribution in [0.2, 0.25) is 0 Å². The fraction of sp³-hybridized carbons (Fsp3) is 0.800. The van der Waals surface area contributed by atoms with Crippen molar-refractivity contribution < 1.29 is 28.8 Å². The van der Waals surface area contributed by atoms with Gasteiger partial charge in [-0.15, -0.1) is 10.2 Å². The average molecular weight is 685 g/mol. The highest BCUT2D eigenvalue weighted by Crippen LogP contribution is 2.65. The number of aryl methyl sites for hydroxylation is 1. The first-order valence-electron chi connectivity index (χ1n) is 18.1. The number of nitrogens with one attached hydrogen (secondary N) is 3. The molecule has 1 aromatic rings. The molecule has 7 atom stereocenters. The monoisotopic (exact) mass is 684 g/mol. The maximum absolute atomic E-state index is 12.9. The predicted octanol–water partition coefficient (Wildman–Crippen LogP) is 2.00. The molecule has 4 aliphatic rings. The van der Waals surface area contributed by atoms with Crippen LogP contribution in [0.15, 0.2) is 16.8 Å². The summed E-state index contributed by atoms with van der Waals surface area (Å²) in [6.07, 6.45) is 12.3. The minimum atomic E-state index is -0.721. The second kappa shape index (κ2) is 15.2. The van der Waals surface area contributed by atoms with Crippen molar-refractivity contribution in [1.29, 1.82) is 0 Å². The zero-order valence-electron chi connectivity index (χ0n) is 30.3. The number of hydrogen-bond acceptors (Lipinski definition) is 9. The number of amides is 3. The number of fused-ring (bicyclic) bond motifs is 5. The fourth-order valence-corrected chi connectivity index (χ4v) is 9.16. The van der Waals surface area contributed by atoms with Gasteiger partial charge in [-0.1, -0.05) is 24.6 Å². The molecule has 0 bridgehead atoms. The first-order chi connectivity index (χ1) is 23.2. The van der Waals surface area contributed by atoms with E-state index in [0.717, 1.165) is 44.2 Å². The number of aliphatic hydroxyl groups is 1. The molecule has 272 valence electrons. The number of carbonyl (C=O) groups excluding carboxylic acids is 3. The van der Waals surface area contributed by atoms with Gasteiger partial charge in [0, 0.05) is 6.54 Å². The van der Waals surface area contributed by atoms with E-state index in [1.165, 1.54) is 23.2 Å². The van der Waals surface area contributed by atoms with Crippen molar-refractivity contribution in [1.82, 2.24) is 36.2 Å². The molecule has 4 aliphatic carbocycles. The van der Waals surface area contributed by atoms with Crippen LogP contribution >= 0.6 is 0 Å². The molecule has 3 fully saturated rings. The molecule has 0 radical (unpaired) electrons. The topological polar surface area (TPSA) is 173 Å². The van der Waals surface area contributed by atoms with Crippen LogP contribution in [0.5, 0.6) is 0 Å². The lowest BCUT2D eigenvalue weighted by Gasteiger charge is -2.57. The van der Waals surface area contributed by atoms with Gasteiger partial charge in [-0.3, -0.25) is 14.4 Å². The van der Waals surface area contributed by atoms with E-state index in [-0.39, 0.29) is 54.4 Å². The molecule has 14 heteroatoms. The first kappa shape index (κ1) is 36.9. The Balaban J connectivity index is 1.04. The minimum Gasteiger partial charge on any atom is -0.393 e. The lowest BCUT2D eigenvalue weighted by molar-refractivity contribution is -0.862. The molecule has 14 nitrogen and oxygen atoms in total. The normalized spacial score (nSPS) is 30.8. The Labute approximate surface area is 290 Å². The number of unbranched alkanes of at least 4 members (excludes halogenated alkanes) is 1. The van der Waals surface area contributed by atoms with Gasteiger partial charge in [-0.25, -0.2) is 0 Å². The van der Waals surface area contributed by atoms with E-state index in [1.807, 2.05) is 21.1 Å². The van der Waals surface area contributed by atoms with Gasteiger partial charge in [-0.05, 0) is 111 Å². The summed E-state index contributed by atoms with van der Waals surface area (Å²) in [5.41, 5.74) is 2.64. The largest absolute Gasteiger partial charge is 0.393 e. The Hall–Kier alpha value is -3.39. The highest BCUT2D eigenvalue weighted by molar-refractivity contribution is 5.96. The minimum absolute atomic E-state index is 0.0908. The molecule has 5 rings (SSSR count). The standard InChI is InChI=1S/C35H57N9O5/c1-34-16-14-24(19-23(34)10-11-25-26-12-13-29(45)35(26,2)17-15-27(25)34)41-49-22-32(47)36-18-8-7-9-28(38-31(46)21-44(4,5)6)33(48)37-20-30-39-42-43(3)40-30/h19,25-29,45H,7-18,20-22H2,1-6H3,(H2-,36,37,38,46,47,48)/p+1/b41-24+/t25-,26-,27-,28-,29+,34-,35-/m0/s1. The summed E-state index contributed by atoms with van der Waals surface area (Å²) in [5, 5.41) is 35.3. The highest BCUT2D eigenvalue weighted by atomic mass is 16.6. The summed E-state index contributed by atoms with van der Waals surface area (Å²) in [6, 6.07) is -0.721. The third kappa shape index (κ3) is 8.86. The van der Waals surface area contributed by atoms with Crippen LogP contribution in [-0.4, -0.2) is 106 Å². The van der Waals surface area contributed by atoms with Crippen LogP contribution < -0.4 is 16.0 Å². The summed E-state index contributed by atoms with van der Waals surface area (Å²) in [4.78, 5) is 44.8. The van der Waals surface area contributed by atoms with E-state index in [9.17, 15) is 19.5 Å². The summed E-state index contributed by atoms with van der Waals surface area (Å²) in [7, 11) is 7.38. The van der Waals surface area contributed by atoms with Gasteiger partial charge in [-0.2, -0.15) is 4.80 Å². The zero-order valence-corrected chi connectivity index (χ0v) is 30.3. The van der Waals surface area contributed by atoms with Crippen LogP contribution in [0.1, 0.15) is 90.3 Å². The van der Waals surface area contributed by atoms with E-state index in [1.54, 1.807) is 7.05 Å². The lowest BCUT2D eigenvalue weighted by Crippen LogP contribution is -2.51. The summed E-state index contributed by atoms with van der Waals surface area (Å²) in [5.74, 6) is 1.59. The van der Waals surface area contributed by atoms with Gasteiger partial charge >= 0.3 is 0 Å². The van der Waals surface area contributed by atoms with Crippen LogP contribution in [0.3, 0.4) is 0 Å². The SMILES string of the molecule is Cn1nnc(CNC(=O)[C@H](CCCCNC(=O)CO/N=C2/C=C3CC[C@H]4[C@@H]5CC[C@@H](O)[C@@]5(C)CC[C@@H]4[C@@]3(C)CC2)NC(=O)C[N+](C)(C)C)n1. The molecule has 0 aromatic carbocycles. The second-order valence-corrected chi connectivity index (χ2v) is 16.3. The quantitative estimate of drug-likeness (QED) is 0.131. The van der Waals surface area contributed by atoms with Gasteiger partial charge in [0.1, 0.15) is 6.04 Å².